The van der Waals surface area contributed by atoms with Crippen LogP contribution in [0.25, 0.3) is 0 Å². The lowest BCUT2D eigenvalue weighted by molar-refractivity contribution is 0.135. The minimum absolute atomic E-state index is 0.0976. The molecule has 0 aromatic rings. The predicted octanol–water partition coefficient (Wildman–Crippen LogP) is 0.147. The standard InChI is InChI=1S/C8H23NO12P4/c1-3-5-8(24(16,17)18,25(19,20)21)9(6-4-2)7(22(10,11)12)23(13,14)15/h7H,3-6H2,1-2H3,(H2,10,11,12)(H2,13,14,15)(H2,16,17,18)(H2,19,20,21). The fraction of sp³-hybridized carbons (Fsp3) is 1.00. The van der Waals surface area contributed by atoms with E-state index >= 15 is 0 Å². The van der Waals surface area contributed by atoms with Crippen molar-refractivity contribution in [2.75, 3.05) is 6.54 Å². The summed E-state index contributed by atoms with van der Waals surface area (Å²) in [6, 6.07) is 0. The molecule has 13 nitrogen and oxygen atoms in total. The molecular weight excluding hydrogens is 426 g/mol. The van der Waals surface area contributed by atoms with Gasteiger partial charge in [0, 0.05) is 6.54 Å². The molecule has 0 spiro atoms. The van der Waals surface area contributed by atoms with Crippen molar-refractivity contribution >= 4 is 30.4 Å². The SMILES string of the molecule is CCCN(C(P(=O)(O)O)P(=O)(O)O)C(CCC)(P(=O)(O)O)P(=O)(O)O. The molecule has 0 aliphatic heterocycles. The molecule has 17 heteroatoms. The zero-order valence-electron chi connectivity index (χ0n) is 13.4. The Morgan fingerprint density at radius 2 is 1.12 bits per heavy atom. The first-order chi connectivity index (χ1) is 10.9. The quantitative estimate of drug-likeness (QED) is 0.208. The van der Waals surface area contributed by atoms with Crippen molar-refractivity contribution in [3.63, 3.8) is 0 Å². The van der Waals surface area contributed by atoms with E-state index in [2.05, 4.69) is 0 Å². The summed E-state index contributed by atoms with van der Waals surface area (Å²) in [7, 11) is -23.2. The van der Waals surface area contributed by atoms with Gasteiger partial charge >= 0.3 is 30.4 Å². The summed E-state index contributed by atoms with van der Waals surface area (Å²) in [4.78, 5) is 75.9. The third-order valence-electron chi connectivity index (χ3n) is 3.32. The minimum Gasteiger partial charge on any atom is -0.323 e. The van der Waals surface area contributed by atoms with E-state index < -0.39 is 53.9 Å². The van der Waals surface area contributed by atoms with Gasteiger partial charge in [0.05, 0.1) is 0 Å². The van der Waals surface area contributed by atoms with Gasteiger partial charge in [0.2, 0.25) is 10.5 Å². The molecule has 0 heterocycles. The number of nitrogens with zero attached hydrogens (tertiary/aromatic N) is 1. The van der Waals surface area contributed by atoms with E-state index in [0.717, 1.165) is 0 Å². The van der Waals surface area contributed by atoms with Gasteiger partial charge in [-0.25, -0.2) is 0 Å². The van der Waals surface area contributed by atoms with Gasteiger partial charge in [-0.1, -0.05) is 20.3 Å². The maximum atomic E-state index is 12.0. The molecule has 0 aliphatic rings. The average molecular weight is 449 g/mol. The van der Waals surface area contributed by atoms with Crippen LogP contribution in [0.2, 0.25) is 0 Å². The monoisotopic (exact) mass is 449 g/mol. The van der Waals surface area contributed by atoms with E-state index in [0.29, 0.717) is 0 Å². The molecule has 0 rings (SSSR count). The summed E-state index contributed by atoms with van der Waals surface area (Å²) in [5.74, 6) is 0. The Hall–Kier alpha value is 0.560. The number of hydrogen-bond acceptors (Lipinski definition) is 5. The Bertz CT molecular complexity index is 598. The summed E-state index contributed by atoms with van der Waals surface area (Å²) >= 11 is 0. The highest BCUT2D eigenvalue weighted by atomic mass is 31.2. The molecule has 0 aromatic heterocycles. The molecule has 0 aliphatic carbocycles. The lowest BCUT2D eigenvalue weighted by atomic mass is 10.3. The number of rotatable bonds is 10. The summed E-state index contributed by atoms with van der Waals surface area (Å²) in [5.41, 5.74) is -3.12. The van der Waals surface area contributed by atoms with Crippen molar-refractivity contribution in [1.82, 2.24) is 4.90 Å². The normalized spacial score (nSPS) is 15.2. The maximum Gasteiger partial charge on any atom is 0.358 e. The zero-order valence-corrected chi connectivity index (χ0v) is 16.9. The van der Waals surface area contributed by atoms with E-state index in [1.54, 1.807) is 0 Å². The van der Waals surface area contributed by atoms with Crippen molar-refractivity contribution in [2.45, 2.75) is 43.7 Å². The second-order valence-corrected chi connectivity index (χ2v) is 13.1. The molecule has 0 radical (unpaired) electrons. The Kier molecular flexibility index (Phi) is 8.47. The third kappa shape index (κ3) is 5.53. The van der Waals surface area contributed by atoms with E-state index in [9.17, 15) is 57.4 Å². The molecule has 0 aromatic carbocycles. The summed E-state index contributed by atoms with van der Waals surface area (Å²) in [6.07, 6.45) is -1.38. The van der Waals surface area contributed by atoms with Gasteiger partial charge < -0.3 is 39.1 Å². The number of hydrogen-bond donors (Lipinski definition) is 8. The zero-order chi connectivity index (χ0) is 20.5. The highest BCUT2D eigenvalue weighted by Gasteiger charge is 2.68. The summed E-state index contributed by atoms with van der Waals surface area (Å²) in [6.45, 7) is 1.82. The highest BCUT2D eigenvalue weighted by molar-refractivity contribution is 7.73. The topological polar surface area (TPSA) is 233 Å². The molecule has 152 valence electrons. The van der Waals surface area contributed by atoms with Crippen LogP contribution in [0.3, 0.4) is 0 Å². The molecule has 0 saturated carbocycles. The van der Waals surface area contributed by atoms with E-state index in [1.165, 1.54) is 13.8 Å². The van der Waals surface area contributed by atoms with Crippen LogP contribution in [0.4, 0.5) is 0 Å². The average Bonchev–Trinajstić information content (AvgIpc) is 2.28. The maximum absolute atomic E-state index is 12.0. The minimum atomic E-state index is -5.85. The molecule has 8 N–H and O–H groups in total. The predicted molar refractivity (Wildman–Crippen MR) is 86.6 cm³/mol. The van der Waals surface area contributed by atoms with Gasteiger partial charge in [-0.15, -0.1) is 0 Å². The van der Waals surface area contributed by atoms with Crippen molar-refractivity contribution < 1.29 is 57.4 Å². The fourth-order valence-electron chi connectivity index (χ4n) is 2.55. The fourth-order valence-corrected chi connectivity index (χ4v) is 9.33. The Balaban J connectivity index is 7.06. The third-order valence-corrected chi connectivity index (χ3v) is 11.3. The second kappa shape index (κ2) is 8.29. The first-order valence-corrected chi connectivity index (χ1v) is 13.4. The van der Waals surface area contributed by atoms with Gasteiger partial charge in [-0.05, 0) is 12.8 Å². The molecule has 0 bridgehead atoms. The van der Waals surface area contributed by atoms with E-state index in [-0.39, 0.29) is 17.7 Å². The van der Waals surface area contributed by atoms with Crippen molar-refractivity contribution in [3.8, 4) is 0 Å². The second-order valence-electron chi connectivity index (χ2n) is 5.33. The molecule has 0 amide bonds. The van der Waals surface area contributed by atoms with Crippen LogP contribution in [-0.4, -0.2) is 61.1 Å². The first kappa shape index (κ1) is 25.6. The van der Waals surface area contributed by atoms with Crippen LogP contribution >= 0.6 is 30.4 Å². The van der Waals surface area contributed by atoms with Crippen molar-refractivity contribution in [2.24, 2.45) is 0 Å². The molecule has 0 unspecified atom stereocenters. The van der Waals surface area contributed by atoms with Crippen molar-refractivity contribution in [1.29, 1.82) is 0 Å². The van der Waals surface area contributed by atoms with E-state index in [4.69, 9.17) is 0 Å². The van der Waals surface area contributed by atoms with E-state index in [1.807, 2.05) is 0 Å². The Labute approximate surface area is 143 Å². The van der Waals surface area contributed by atoms with Crippen molar-refractivity contribution in [3.05, 3.63) is 0 Å². The van der Waals surface area contributed by atoms with Crippen LogP contribution in [0.5, 0.6) is 0 Å². The largest absolute Gasteiger partial charge is 0.358 e. The molecule has 0 atom stereocenters. The van der Waals surface area contributed by atoms with Crippen LogP contribution in [0, 0.1) is 0 Å². The van der Waals surface area contributed by atoms with Gasteiger partial charge in [-0.3, -0.25) is 23.2 Å². The molecule has 0 saturated heterocycles. The van der Waals surface area contributed by atoms with Crippen LogP contribution in [0.15, 0.2) is 0 Å². The Morgan fingerprint density at radius 3 is 1.32 bits per heavy atom. The Morgan fingerprint density at radius 1 is 0.760 bits per heavy atom. The summed E-state index contributed by atoms with van der Waals surface area (Å²) < 4.78 is 47.3. The van der Waals surface area contributed by atoms with Gasteiger partial charge in [0.15, 0.2) is 0 Å². The van der Waals surface area contributed by atoms with Crippen LogP contribution in [-0.2, 0) is 18.3 Å². The molecular formula is C8H23NO12P4. The summed E-state index contributed by atoms with van der Waals surface area (Å²) in [5, 5.41) is -3.49. The highest BCUT2D eigenvalue weighted by Crippen LogP contribution is 2.76. The van der Waals surface area contributed by atoms with Gasteiger partial charge in [0.25, 0.3) is 0 Å². The molecule has 0 fully saturated rings. The lowest BCUT2D eigenvalue weighted by Crippen LogP contribution is -2.53. The lowest BCUT2D eigenvalue weighted by Gasteiger charge is -2.46. The van der Waals surface area contributed by atoms with Crippen LogP contribution in [0.1, 0.15) is 33.1 Å². The smallest absolute Gasteiger partial charge is 0.323 e. The van der Waals surface area contributed by atoms with Gasteiger partial charge in [0.1, 0.15) is 0 Å². The molecule has 25 heavy (non-hydrogen) atoms. The van der Waals surface area contributed by atoms with Crippen LogP contribution < -0.4 is 0 Å². The first-order valence-electron chi connectivity index (χ1n) is 6.86. The van der Waals surface area contributed by atoms with Gasteiger partial charge in [-0.2, -0.15) is 0 Å².